The van der Waals surface area contributed by atoms with Gasteiger partial charge in [0.15, 0.2) is 0 Å². The van der Waals surface area contributed by atoms with E-state index in [1.165, 1.54) is 5.69 Å². The third kappa shape index (κ3) is 2.62. The summed E-state index contributed by atoms with van der Waals surface area (Å²) in [7, 11) is 0. The molecule has 1 aliphatic rings. The molecule has 90 valence electrons. The van der Waals surface area contributed by atoms with E-state index < -0.39 is 0 Å². The summed E-state index contributed by atoms with van der Waals surface area (Å²) in [4.78, 5) is 7.09. The van der Waals surface area contributed by atoms with E-state index in [1.807, 2.05) is 0 Å². The molecule has 2 heterocycles. The van der Waals surface area contributed by atoms with Crippen molar-refractivity contribution >= 4 is 0 Å². The van der Waals surface area contributed by atoms with Crippen molar-refractivity contribution in [1.82, 2.24) is 19.8 Å². The first-order valence-electron chi connectivity index (χ1n) is 6.14. The summed E-state index contributed by atoms with van der Waals surface area (Å²) >= 11 is 0. The largest absolute Gasteiger partial charge is 0.332 e. The number of nitrogens with zero attached hydrogens (tertiary/aromatic N) is 3. The molecule has 0 aliphatic carbocycles. The minimum atomic E-state index is 0.504. The second-order valence-corrected chi connectivity index (χ2v) is 4.81. The van der Waals surface area contributed by atoms with Gasteiger partial charge >= 0.3 is 0 Å². The summed E-state index contributed by atoms with van der Waals surface area (Å²) in [5.74, 6) is 1.13. The highest BCUT2D eigenvalue weighted by Gasteiger charge is 2.13. The quantitative estimate of drug-likeness (QED) is 0.833. The molecule has 16 heavy (non-hydrogen) atoms. The second kappa shape index (κ2) is 4.97. The molecule has 4 nitrogen and oxygen atoms in total. The molecule has 4 heteroatoms. The first kappa shape index (κ1) is 11.6. The summed E-state index contributed by atoms with van der Waals surface area (Å²) < 4.78 is 2.25. The van der Waals surface area contributed by atoms with Crippen LogP contribution in [0.25, 0.3) is 0 Å². The molecular formula is C12H22N4. The van der Waals surface area contributed by atoms with E-state index in [4.69, 9.17) is 0 Å². The van der Waals surface area contributed by atoms with Crippen LogP contribution in [-0.2, 0) is 6.54 Å². The number of piperazine rings is 1. The molecule has 0 radical (unpaired) electrons. The second-order valence-electron chi connectivity index (χ2n) is 4.81. The minimum Gasteiger partial charge on any atom is -0.332 e. The third-order valence-electron chi connectivity index (χ3n) is 3.12. The topological polar surface area (TPSA) is 33.1 Å². The average molecular weight is 222 g/mol. The van der Waals surface area contributed by atoms with E-state index >= 15 is 0 Å². The lowest BCUT2D eigenvalue weighted by Crippen LogP contribution is -2.42. The molecule has 0 aromatic carbocycles. The highest BCUT2D eigenvalue weighted by molar-refractivity contribution is 5.04. The molecule has 1 aliphatic heterocycles. The highest BCUT2D eigenvalue weighted by atomic mass is 15.2. The number of hydrogen-bond donors (Lipinski definition) is 1. The number of hydrogen-bond acceptors (Lipinski definition) is 3. The zero-order chi connectivity index (χ0) is 11.5. The van der Waals surface area contributed by atoms with Gasteiger partial charge in [-0.1, -0.05) is 0 Å². The smallest absolute Gasteiger partial charge is 0.106 e. The molecule has 1 aromatic rings. The Hall–Kier alpha value is -0.870. The van der Waals surface area contributed by atoms with Crippen molar-refractivity contribution in [2.75, 3.05) is 26.2 Å². The van der Waals surface area contributed by atoms with Crippen molar-refractivity contribution in [3.05, 3.63) is 17.7 Å². The minimum absolute atomic E-state index is 0.504. The molecule has 0 unspecified atom stereocenters. The van der Waals surface area contributed by atoms with E-state index in [9.17, 15) is 0 Å². The van der Waals surface area contributed by atoms with Gasteiger partial charge in [-0.2, -0.15) is 0 Å². The van der Waals surface area contributed by atoms with Gasteiger partial charge in [0.25, 0.3) is 0 Å². The van der Waals surface area contributed by atoms with Gasteiger partial charge in [0.05, 0.1) is 5.69 Å². The van der Waals surface area contributed by atoms with Crippen LogP contribution in [-0.4, -0.2) is 40.6 Å². The standard InChI is InChI=1S/C12H22N4/c1-10(2)16-9-12(14-11(16)3)8-15-6-4-13-5-7-15/h9-10,13H,4-8H2,1-3H3. The van der Waals surface area contributed by atoms with Crippen LogP contribution in [0.2, 0.25) is 0 Å². The van der Waals surface area contributed by atoms with Gasteiger partial charge in [-0.05, 0) is 20.8 Å². The van der Waals surface area contributed by atoms with Crippen molar-refractivity contribution < 1.29 is 0 Å². The molecule has 1 aromatic heterocycles. The zero-order valence-corrected chi connectivity index (χ0v) is 10.5. The van der Waals surface area contributed by atoms with Crippen LogP contribution >= 0.6 is 0 Å². The Morgan fingerprint density at radius 1 is 1.38 bits per heavy atom. The van der Waals surface area contributed by atoms with Crippen molar-refractivity contribution in [3.8, 4) is 0 Å². The number of imidazole rings is 1. The molecule has 0 saturated carbocycles. The van der Waals surface area contributed by atoms with Crippen LogP contribution in [0.4, 0.5) is 0 Å². The predicted molar refractivity (Wildman–Crippen MR) is 65.5 cm³/mol. The van der Waals surface area contributed by atoms with Gasteiger partial charge in [0.2, 0.25) is 0 Å². The fourth-order valence-electron chi connectivity index (χ4n) is 2.25. The number of aromatic nitrogens is 2. The maximum absolute atomic E-state index is 4.63. The van der Waals surface area contributed by atoms with E-state index in [2.05, 4.69) is 46.7 Å². The Morgan fingerprint density at radius 2 is 2.06 bits per heavy atom. The summed E-state index contributed by atoms with van der Waals surface area (Å²) in [6.45, 7) is 11.9. The normalized spacial score (nSPS) is 18.2. The van der Waals surface area contributed by atoms with Crippen LogP contribution in [0, 0.1) is 6.92 Å². The number of rotatable bonds is 3. The van der Waals surface area contributed by atoms with Crippen LogP contribution < -0.4 is 5.32 Å². The van der Waals surface area contributed by atoms with Gasteiger partial charge in [0, 0.05) is 45.0 Å². The zero-order valence-electron chi connectivity index (χ0n) is 10.5. The lowest BCUT2D eigenvalue weighted by Gasteiger charge is -2.26. The Labute approximate surface area is 97.7 Å². The van der Waals surface area contributed by atoms with E-state index in [-0.39, 0.29) is 0 Å². The van der Waals surface area contributed by atoms with Gasteiger partial charge < -0.3 is 9.88 Å². The SMILES string of the molecule is Cc1nc(CN2CCNCC2)cn1C(C)C. The van der Waals surface area contributed by atoms with Gasteiger partial charge in [-0.25, -0.2) is 4.98 Å². The number of aryl methyl sites for hydroxylation is 1. The fraction of sp³-hybridized carbons (Fsp3) is 0.750. The third-order valence-corrected chi connectivity index (χ3v) is 3.12. The highest BCUT2D eigenvalue weighted by Crippen LogP contribution is 2.12. The van der Waals surface area contributed by atoms with Crippen molar-refractivity contribution in [2.45, 2.75) is 33.4 Å². The van der Waals surface area contributed by atoms with Crippen LogP contribution in [0.5, 0.6) is 0 Å². The Kier molecular flexibility index (Phi) is 3.61. The van der Waals surface area contributed by atoms with Gasteiger partial charge in [-0.15, -0.1) is 0 Å². The molecule has 1 N–H and O–H groups in total. The molecule has 1 saturated heterocycles. The van der Waals surface area contributed by atoms with Crippen LogP contribution in [0.1, 0.15) is 31.4 Å². The maximum atomic E-state index is 4.63. The Bertz CT molecular complexity index is 337. The molecule has 2 rings (SSSR count). The molecule has 0 amide bonds. The lowest BCUT2D eigenvalue weighted by atomic mass is 10.3. The van der Waals surface area contributed by atoms with Gasteiger partial charge in [0.1, 0.15) is 5.82 Å². The fourth-order valence-corrected chi connectivity index (χ4v) is 2.25. The monoisotopic (exact) mass is 222 g/mol. The molecule has 0 atom stereocenters. The molecule has 0 bridgehead atoms. The summed E-state index contributed by atoms with van der Waals surface area (Å²) in [5.41, 5.74) is 1.20. The number of nitrogens with one attached hydrogen (secondary N) is 1. The average Bonchev–Trinajstić information content (AvgIpc) is 2.61. The van der Waals surface area contributed by atoms with Crippen LogP contribution in [0.3, 0.4) is 0 Å². The Balaban J connectivity index is 2.01. The molecular weight excluding hydrogens is 200 g/mol. The summed E-state index contributed by atoms with van der Waals surface area (Å²) in [6, 6.07) is 0.504. The van der Waals surface area contributed by atoms with Crippen molar-refractivity contribution in [3.63, 3.8) is 0 Å². The summed E-state index contributed by atoms with van der Waals surface area (Å²) in [5, 5.41) is 3.37. The first-order valence-corrected chi connectivity index (χ1v) is 6.14. The van der Waals surface area contributed by atoms with Crippen LogP contribution in [0.15, 0.2) is 6.20 Å². The predicted octanol–water partition coefficient (Wildman–Crippen LogP) is 1.18. The van der Waals surface area contributed by atoms with E-state index in [0.29, 0.717) is 6.04 Å². The molecule has 0 spiro atoms. The van der Waals surface area contributed by atoms with Gasteiger partial charge in [-0.3, -0.25) is 4.90 Å². The maximum Gasteiger partial charge on any atom is 0.106 e. The first-order chi connectivity index (χ1) is 7.66. The van der Waals surface area contributed by atoms with E-state index in [0.717, 1.165) is 38.5 Å². The lowest BCUT2D eigenvalue weighted by molar-refractivity contribution is 0.231. The van der Waals surface area contributed by atoms with Crippen molar-refractivity contribution in [2.24, 2.45) is 0 Å². The summed E-state index contributed by atoms with van der Waals surface area (Å²) in [6.07, 6.45) is 2.20. The van der Waals surface area contributed by atoms with Crippen molar-refractivity contribution in [1.29, 1.82) is 0 Å². The van der Waals surface area contributed by atoms with E-state index in [1.54, 1.807) is 0 Å². The Morgan fingerprint density at radius 3 is 2.62 bits per heavy atom. The molecule has 1 fully saturated rings.